The van der Waals surface area contributed by atoms with E-state index in [2.05, 4.69) is 16.0 Å². The largest absolute Gasteiger partial charge is 0.481 e. The number of amides is 5. The Morgan fingerprint density at radius 3 is 1.74 bits per heavy atom. The first-order valence-electron chi connectivity index (χ1n) is 20.2. The second-order valence-electron chi connectivity index (χ2n) is 15.0. The number of carbonyl (C=O) groups is 9. The Kier molecular flexibility index (Phi) is 27.2. The molecule has 1 rings (SSSR count). The molecule has 20 nitrogen and oxygen atoms in total. The van der Waals surface area contributed by atoms with Gasteiger partial charge in [-0.05, 0) is 43.6 Å². The lowest BCUT2D eigenvalue weighted by Gasteiger charge is -2.26. The molecule has 0 saturated heterocycles. The number of hydroxylamine groups is 2. The minimum Gasteiger partial charge on any atom is -0.481 e. The summed E-state index contributed by atoms with van der Waals surface area (Å²) in [6.07, 6.45) is -2.70. The van der Waals surface area contributed by atoms with Crippen LogP contribution in [0.25, 0.3) is 0 Å². The maximum Gasteiger partial charge on any atom is 0.305 e. The molecule has 0 heterocycles. The summed E-state index contributed by atoms with van der Waals surface area (Å²) in [4.78, 5) is 116. The molecular weight excluding hydrogens is 802 g/mol. The molecule has 0 aliphatic carbocycles. The number of hydrogen-bond acceptors (Lipinski definition) is 14. The summed E-state index contributed by atoms with van der Waals surface area (Å²) in [5.41, 5.74) is 3.57. The van der Waals surface area contributed by atoms with Crippen molar-refractivity contribution in [1.82, 2.24) is 26.9 Å². The first-order chi connectivity index (χ1) is 29.0. The van der Waals surface area contributed by atoms with Crippen LogP contribution in [0.1, 0.15) is 90.5 Å². The third-order valence-electron chi connectivity index (χ3n) is 9.38. The number of nitrogens with one attached hydrogen (secondary N) is 5. The summed E-state index contributed by atoms with van der Waals surface area (Å²) in [5.74, 6) is -9.47. The lowest BCUT2D eigenvalue weighted by atomic mass is 9.87. The van der Waals surface area contributed by atoms with Crippen LogP contribution < -0.4 is 26.9 Å². The third kappa shape index (κ3) is 24.0. The number of carbonyl (C=O) groups excluding carboxylic acids is 8. The van der Waals surface area contributed by atoms with Gasteiger partial charge in [-0.1, -0.05) is 44.2 Å². The predicted octanol–water partition coefficient (Wildman–Crippen LogP) is 0.975. The number of hydrogen-bond donors (Lipinski definition) is 8. The summed E-state index contributed by atoms with van der Waals surface area (Å²) in [5, 5.41) is 35.1. The van der Waals surface area contributed by atoms with Gasteiger partial charge in [-0.2, -0.15) is 0 Å². The van der Waals surface area contributed by atoms with E-state index in [0.29, 0.717) is 25.4 Å². The van der Waals surface area contributed by atoms with Crippen molar-refractivity contribution in [3.05, 3.63) is 35.9 Å². The monoisotopic (exact) mass is 865 g/mol. The number of methoxy groups -OCH3 is 1. The Labute approximate surface area is 355 Å². The van der Waals surface area contributed by atoms with Gasteiger partial charge in [0.1, 0.15) is 0 Å². The van der Waals surface area contributed by atoms with E-state index in [1.54, 1.807) is 51.3 Å². The van der Waals surface area contributed by atoms with E-state index in [9.17, 15) is 48.3 Å². The minimum absolute atomic E-state index is 0.0501. The van der Waals surface area contributed by atoms with Gasteiger partial charge >= 0.3 is 5.97 Å². The zero-order valence-corrected chi connectivity index (χ0v) is 35.4. The van der Waals surface area contributed by atoms with Gasteiger partial charge in [0.2, 0.25) is 29.5 Å². The van der Waals surface area contributed by atoms with Crippen LogP contribution in [-0.2, 0) is 63.8 Å². The maximum atomic E-state index is 14.2. The second-order valence-corrected chi connectivity index (χ2v) is 15.0. The topological polar surface area (TPSA) is 302 Å². The zero-order valence-electron chi connectivity index (χ0n) is 35.4. The van der Waals surface area contributed by atoms with Crippen LogP contribution in [0.15, 0.2) is 30.3 Å². The van der Waals surface area contributed by atoms with Crippen molar-refractivity contribution < 1.29 is 72.9 Å². The Bertz CT molecular complexity index is 1560. The average Bonchev–Trinajstić information content (AvgIpc) is 3.21. The molecule has 2 unspecified atom stereocenters. The molecule has 0 spiro atoms. The molecule has 61 heavy (non-hydrogen) atoms. The number of carboxylic acids is 1. The van der Waals surface area contributed by atoms with Crippen LogP contribution >= 0.6 is 0 Å². The van der Waals surface area contributed by atoms with Crippen molar-refractivity contribution in [2.45, 2.75) is 110 Å². The molecule has 8 N–H and O–H groups in total. The maximum absolute atomic E-state index is 14.2. The second kappa shape index (κ2) is 30.8. The average molecular weight is 866 g/mol. The van der Waals surface area contributed by atoms with E-state index < -0.39 is 108 Å². The molecule has 0 aliphatic heterocycles. The molecule has 5 atom stereocenters. The fourth-order valence-electron chi connectivity index (χ4n) is 6.28. The molecule has 0 saturated carbocycles. The molecule has 0 radical (unpaired) electrons. The third-order valence-corrected chi connectivity index (χ3v) is 9.38. The standard InChI is InChI=1S/C41H63N5O15/c1-26(2)21-30(24-36(50)33(25-39(53)54)42-27(3)47)41(56)44-32(22-28-9-6-5-7-10-28)35(49)23-29(12-14-37(51)45-57)40(55)43-31(13-15-38(52)46-58)34(48)11-8-16-60-19-20-61-18-17-59-4/h5-7,9-10,26,29-33,57-58H,8,11-25H2,1-4H3,(H,42,47)(H,43,55)(H,44,56)(H,45,51)(H,46,52)(H,53,54)/t29?,30-,31?,32-,33-/m0/s1. The molecule has 0 fully saturated rings. The number of benzene rings is 1. The molecule has 20 heteroatoms. The number of rotatable bonds is 34. The number of ether oxygens (including phenoxy) is 3. The number of carboxylic acid groups (broad SMARTS) is 1. The van der Waals surface area contributed by atoms with Crippen LogP contribution in [0.3, 0.4) is 0 Å². The fraction of sp³-hybridized carbons (Fsp3) is 0.634. The summed E-state index contributed by atoms with van der Waals surface area (Å²) in [7, 11) is 1.55. The number of ketones is 3. The van der Waals surface area contributed by atoms with Crippen LogP contribution in [0.2, 0.25) is 0 Å². The van der Waals surface area contributed by atoms with E-state index in [-0.39, 0.29) is 64.1 Å². The highest BCUT2D eigenvalue weighted by molar-refractivity contribution is 5.97. The lowest BCUT2D eigenvalue weighted by molar-refractivity contribution is -0.140. The molecule has 0 bridgehead atoms. The quantitative estimate of drug-likeness (QED) is 0.0272. The summed E-state index contributed by atoms with van der Waals surface area (Å²) < 4.78 is 15.7. The van der Waals surface area contributed by atoms with Crippen LogP contribution in [-0.4, -0.2) is 127 Å². The van der Waals surface area contributed by atoms with Crippen LogP contribution in [0, 0.1) is 17.8 Å². The molecule has 1 aromatic carbocycles. The predicted molar refractivity (Wildman–Crippen MR) is 216 cm³/mol. The normalized spacial score (nSPS) is 13.5. The highest BCUT2D eigenvalue weighted by Gasteiger charge is 2.34. The van der Waals surface area contributed by atoms with Crippen molar-refractivity contribution in [2.24, 2.45) is 17.8 Å². The lowest BCUT2D eigenvalue weighted by Crippen LogP contribution is -2.49. The van der Waals surface area contributed by atoms with Gasteiger partial charge in [-0.25, -0.2) is 11.0 Å². The van der Waals surface area contributed by atoms with Gasteiger partial charge in [0.15, 0.2) is 17.3 Å². The molecule has 342 valence electrons. The Morgan fingerprint density at radius 2 is 1.16 bits per heavy atom. The van der Waals surface area contributed by atoms with Crippen molar-refractivity contribution in [1.29, 1.82) is 0 Å². The SMILES string of the molecule is COCCOCCOCCCC(=O)C(CCC(=O)NO)NC(=O)C(CCC(=O)NO)CC(=O)[C@H](Cc1ccccc1)NC(=O)[C@H](CC(=O)[C@H](CC(=O)O)NC(C)=O)CC(C)C. The van der Waals surface area contributed by atoms with E-state index in [1.807, 2.05) is 0 Å². The van der Waals surface area contributed by atoms with Gasteiger partial charge < -0.3 is 35.3 Å². The highest BCUT2D eigenvalue weighted by Crippen LogP contribution is 2.21. The Hall–Kier alpha value is -5.15. The van der Waals surface area contributed by atoms with Crippen molar-refractivity contribution in [3.63, 3.8) is 0 Å². The summed E-state index contributed by atoms with van der Waals surface area (Å²) in [6.45, 7) is 6.30. The number of Topliss-reactive ketones (excluding diaryl/α,β-unsaturated/α-hetero) is 3. The summed E-state index contributed by atoms with van der Waals surface area (Å²) in [6, 6.07) is 4.68. The number of aliphatic carboxylic acids is 1. The minimum atomic E-state index is -1.40. The van der Waals surface area contributed by atoms with Crippen LogP contribution in [0.4, 0.5) is 0 Å². The molecule has 1 aromatic rings. The van der Waals surface area contributed by atoms with E-state index in [1.165, 1.54) is 11.0 Å². The van der Waals surface area contributed by atoms with E-state index in [0.717, 1.165) is 6.92 Å². The first-order valence-corrected chi connectivity index (χ1v) is 20.2. The van der Waals surface area contributed by atoms with Gasteiger partial charge in [0.05, 0.1) is 51.0 Å². The van der Waals surface area contributed by atoms with Gasteiger partial charge in [-0.15, -0.1) is 0 Å². The smallest absolute Gasteiger partial charge is 0.305 e. The fourth-order valence-corrected chi connectivity index (χ4v) is 6.28. The molecule has 5 amide bonds. The summed E-state index contributed by atoms with van der Waals surface area (Å²) >= 11 is 0. The van der Waals surface area contributed by atoms with Gasteiger partial charge in [0, 0.05) is 64.6 Å². The zero-order chi connectivity index (χ0) is 45.7. The van der Waals surface area contributed by atoms with Gasteiger partial charge in [0.25, 0.3) is 0 Å². The van der Waals surface area contributed by atoms with Gasteiger partial charge in [-0.3, -0.25) is 53.6 Å². The molecule has 0 aromatic heterocycles. The van der Waals surface area contributed by atoms with Crippen molar-refractivity contribution in [3.8, 4) is 0 Å². The Morgan fingerprint density at radius 1 is 0.623 bits per heavy atom. The highest BCUT2D eigenvalue weighted by atomic mass is 16.5. The van der Waals surface area contributed by atoms with E-state index in [4.69, 9.17) is 24.6 Å². The van der Waals surface area contributed by atoms with Crippen molar-refractivity contribution in [2.75, 3.05) is 40.1 Å². The molecular formula is C41H63N5O15. The first kappa shape index (κ1) is 53.9. The Balaban J connectivity index is 3.36. The van der Waals surface area contributed by atoms with E-state index >= 15 is 0 Å². The molecule has 0 aliphatic rings. The van der Waals surface area contributed by atoms with Crippen molar-refractivity contribution >= 4 is 52.9 Å². The van der Waals surface area contributed by atoms with Crippen LogP contribution in [0.5, 0.6) is 0 Å².